The summed E-state index contributed by atoms with van der Waals surface area (Å²) in [5, 5.41) is 0. The van der Waals surface area contributed by atoms with Crippen LogP contribution in [-0.4, -0.2) is 12.6 Å². The quantitative estimate of drug-likeness (QED) is 0.513. The number of esters is 1. The number of rotatable bonds is 9. The van der Waals surface area contributed by atoms with E-state index in [1.54, 1.807) is 6.07 Å². The van der Waals surface area contributed by atoms with Gasteiger partial charge in [0.05, 0.1) is 0 Å². The Balaban J connectivity index is 1.47. The van der Waals surface area contributed by atoms with Gasteiger partial charge in [0.1, 0.15) is 31.0 Å². The molecule has 6 heteroatoms. The Labute approximate surface area is 168 Å². The van der Waals surface area contributed by atoms with E-state index in [-0.39, 0.29) is 36.8 Å². The minimum atomic E-state index is -0.557. The molecule has 0 spiro atoms. The lowest BCUT2D eigenvalue weighted by molar-refractivity contribution is -0.147. The summed E-state index contributed by atoms with van der Waals surface area (Å²) in [6, 6.07) is 18.2. The maximum atomic E-state index is 12.1. The standard InChI is InChI=1S/C23H22O6/c1-2-17-9-6-10-19(11-17)27-16-23(25)29-14-20-12-21(24)22(15-26-20)28-13-18-7-4-3-5-8-18/h3-12,15H,2,13-14,16H2,1H3. The molecule has 1 aromatic heterocycles. The van der Waals surface area contributed by atoms with Gasteiger partial charge in [0.15, 0.2) is 6.61 Å². The number of ether oxygens (including phenoxy) is 3. The van der Waals surface area contributed by atoms with E-state index in [1.807, 2.05) is 55.5 Å². The van der Waals surface area contributed by atoms with Crippen LogP contribution in [0.15, 0.2) is 76.1 Å². The normalized spacial score (nSPS) is 10.4. The lowest BCUT2D eigenvalue weighted by Gasteiger charge is -2.08. The van der Waals surface area contributed by atoms with Crippen molar-refractivity contribution in [3.05, 3.63) is 94.0 Å². The molecule has 0 aliphatic carbocycles. The van der Waals surface area contributed by atoms with Gasteiger partial charge in [0, 0.05) is 6.07 Å². The molecule has 0 saturated carbocycles. The van der Waals surface area contributed by atoms with E-state index < -0.39 is 5.97 Å². The Kier molecular flexibility index (Phi) is 7.05. The zero-order valence-electron chi connectivity index (χ0n) is 16.1. The smallest absolute Gasteiger partial charge is 0.344 e. The summed E-state index contributed by atoms with van der Waals surface area (Å²) in [5.41, 5.74) is 1.72. The minimum Gasteiger partial charge on any atom is -0.482 e. The van der Waals surface area contributed by atoms with Gasteiger partial charge in [-0.25, -0.2) is 4.79 Å². The van der Waals surface area contributed by atoms with E-state index in [1.165, 1.54) is 12.3 Å². The minimum absolute atomic E-state index is 0.100. The van der Waals surface area contributed by atoms with Gasteiger partial charge in [-0.3, -0.25) is 4.79 Å². The summed E-state index contributed by atoms with van der Waals surface area (Å²) in [4.78, 5) is 24.0. The monoisotopic (exact) mass is 394 g/mol. The molecule has 0 amide bonds. The van der Waals surface area contributed by atoms with E-state index in [4.69, 9.17) is 18.6 Å². The molecule has 29 heavy (non-hydrogen) atoms. The van der Waals surface area contributed by atoms with E-state index in [9.17, 15) is 9.59 Å². The zero-order chi connectivity index (χ0) is 20.5. The number of benzene rings is 2. The van der Waals surface area contributed by atoms with E-state index in [0.717, 1.165) is 17.5 Å². The van der Waals surface area contributed by atoms with Crippen LogP contribution >= 0.6 is 0 Å². The van der Waals surface area contributed by atoms with Crippen LogP contribution in [0.25, 0.3) is 0 Å². The van der Waals surface area contributed by atoms with Crippen LogP contribution in [0.5, 0.6) is 11.5 Å². The molecule has 3 aromatic rings. The second-order valence-electron chi connectivity index (χ2n) is 6.30. The number of carbonyl (C=O) groups excluding carboxylic acids is 1. The summed E-state index contributed by atoms with van der Waals surface area (Å²) in [6.07, 6.45) is 2.10. The Morgan fingerprint density at radius 2 is 1.72 bits per heavy atom. The first-order valence-corrected chi connectivity index (χ1v) is 9.30. The fourth-order valence-electron chi connectivity index (χ4n) is 2.55. The summed E-state index contributed by atoms with van der Waals surface area (Å²) >= 11 is 0. The number of carbonyl (C=O) groups is 1. The van der Waals surface area contributed by atoms with Crippen LogP contribution in [0, 0.1) is 0 Å². The molecule has 150 valence electrons. The lowest BCUT2D eigenvalue weighted by Crippen LogP contribution is -2.15. The predicted octanol–water partition coefficient (Wildman–Crippen LogP) is 3.90. The molecule has 0 N–H and O–H groups in total. The largest absolute Gasteiger partial charge is 0.482 e. The van der Waals surface area contributed by atoms with Crippen molar-refractivity contribution in [2.24, 2.45) is 0 Å². The number of aryl methyl sites for hydroxylation is 1. The second-order valence-corrected chi connectivity index (χ2v) is 6.30. The van der Waals surface area contributed by atoms with Crippen molar-refractivity contribution in [2.75, 3.05) is 6.61 Å². The van der Waals surface area contributed by atoms with Crippen LogP contribution in [-0.2, 0) is 29.2 Å². The van der Waals surface area contributed by atoms with Gasteiger partial charge >= 0.3 is 5.97 Å². The van der Waals surface area contributed by atoms with Crippen LogP contribution in [0.4, 0.5) is 0 Å². The molecule has 0 atom stereocenters. The summed E-state index contributed by atoms with van der Waals surface area (Å²) in [5.74, 6) is 0.373. The topological polar surface area (TPSA) is 75.0 Å². The number of hydrogen-bond donors (Lipinski definition) is 0. The highest BCUT2D eigenvalue weighted by molar-refractivity contribution is 5.71. The number of hydrogen-bond acceptors (Lipinski definition) is 6. The fourth-order valence-corrected chi connectivity index (χ4v) is 2.55. The molecule has 2 aromatic carbocycles. The van der Waals surface area contributed by atoms with Gasteiger partial charge in [0.2, 0.25) is 11.2 Å². The van der Waals surface area contributed by atoms with Crippen LogP contribution in [0.1, 0.15) is 23.8 Å². The SMILES string of the molecule is CCc1cccc(OCC(=O)OCc2cc(=O)c(OCc3ccccc3)co2)c1. The third-order valence-electron chi connectivity index (χ3n) is 4.13. The zero-order valence-corrected chi connectivity index (χ0v) is 16.1. The molecule has 0 unspecified atom stereocenters. The summed E-state index contributed by atoms with van der Waals surface area (Å²) in [6.45, 7) is 1.91. The first-order chi connectivity index (χ1) is 14.1. The summed E-state index contributed by atoms with van der Waals surface area (Å²) < 4.78 is 21.3. The molecule has 0 aliphatic heterocycles. The first-order valence-electron chi connectivity index (χ1n) is 9.30. The van der Waals surface area contributed by atoms with Crippen molar-refractivity contribution in [2.45, 2.75) is 26.6 Å². The molecular weight excluding hydrogens is 372 g/mol. The molecule has 0 fully saturated rings. The fraction of sp³-hybridized carbons (Fsp3) is 0.217. The maximum Gasteiger partial charge on any atom is 0.344 e. The van der Waals surface area contributed by atoms with Crippen molar-refractivity contribution >= 4 is 5.97 Å². The Hall–Kier alpha value is -3.54. The molecule has 6 nitrogen and oxygen atoms in total. The average molecular weight is 394 g/mol. The third kappa shape index (κ3) is 6.24. The van der Waals surface area contributed by atoms with Gasteiger partial charge < -0.3 is 18.6 Å². The van der Waals surface area contributed by atoms with Gasteiger partial charge in [0.25, 0.3) is 0 Å². The van der Waals surface area contributed by atoms with Crippen molar-refractivity contribution in [1.82, 2.24) is 0 Å². The van der Waals surface area contributed by atoms with E-state index in [0.29, 0.717) is 5.75 Å². The van der Waals surface area contributed by atoms with E-state index >= 15 is 0 Å². The summed E-state index contributed by atoms with van der Waals surface area (Å²) in [7, 11) is 0. The molecule has 0 saturated heterocycles. The van der Waals surface area contributed by atoms with Gasteiger partial charge in [-0.2, -0.15) is 0 Å². The highest BCUT2D eigenvalue weighted by Gasteiger charge is 2.09. The van der Waals surface area contributed by atoms with Gasteiger partial charge in [-0.1, -0.05) is 49.4 Å². The Bertz CT molecular complexity index is 994. The molecule has 1 heterocycles. The van der Waals surface area contributed by atoms with Crippen LogP contribution < -0.4 is 14.9 Å². The predicted molar refractivity (Wildman–Crippen MR) is 107 cm³/mol. The van der Waals surface area contributed by atoms with Crippen LogP contribution in [0.3, 0.4) is 0 Å². The molecular formula is C23H22O6. The third-order valence-corrected chi connectivity index (χ3v) is 4.13. The maximum absolute atomic E-state index is 12.1. The highest BCUT2D eigenvalue weighted by atomic mass is 16.6. The van der Waals surface area contributed by atoms with Crippen molar-refractivity contribution in [1.29, 1.82) is 0 Å². The highest BCUT2D eigenvalue weighted by Crippen LogP contribution is 2.14. The van der Waals surface area contributed by atoms with Gasteiger partial charge in [-0.15, -0.1) is 0 Å². The van der Waals surface area contributed by atoms with Crippen molar-refractivity contribution < 1.29 is 23.4 Å². The first kappa shape index (κ1) is 20.2. The lowest BCUT2D eigenvalue weighted by atomic mass is 10.2. The van der Waals surface area contributed by atoms with Crippen LogP contribution in [0.2, 0.25) is 0 Å². The van der Waals surface area contributed by atoms with Crippen molar-refractivity contribution in [3.8, 4) is 11.5 Å². The Morgan fingerprint density at radius 3 is 2.48 bits per heavy atom. The molecule has 0 aliphatic rings. The van der Waals surface area contributed by atoms with Gasteiger partial charge in [-0.05, 0) is 29.7 Å². The van der Waals surface area contributed by atoms with Crippen molar-refractivity contribution in [3.63, 3.8) is 0 Å². The van der Waals surface area contributed by atoms with E-state index in [2.05, 4.69) is 0 Å². The second kappa shape index (κ2) is 10.1. The molecule has 3 rings (SSSR count). The molecule has 0 bridgehead atoms. The Morgan fingerprint density at radius 1 is 0.931 bits per heavy atom. The average Bonchev–Trinajstić information content (AvgIpc) is 2.76. The molecule has 0 radical (unpaired) electrons.